The predicted molar refractivity (Wildman–Crippen MR) is 112 cm³/mol. The van der Waals surface area contributed by atoms with Crippen LogP contribution in [0.4, 0.5) is 5.69 Å². The highest BCUT2D eigenvalue weighted by Crippen LogP contribution is 2.21. The number of hydrogen-bond acceptors (Lipinski definition) is 2. The van der Waals surface area contributed by atoms with Crippen LogP contribution in [0.5, 0.6) is 0 Å². The number of thiocarbonyl (C=S) groups is 1. The first kappa shape index (κ1) is 18.4. The predicted octanol–water partition coefficient (Wildman–Crippen LogP) is 5.44. The van der Waals surface area contributed by atoms with Crippen LogP contribution < -0.4 is 5.32 Å². The van der Waals surface area contributed by atoms with Gasteiger partial charge in [0, 0.05) is 23.5 Å². The van der Waals surface area contributed by atoms with Gasteiger partial charge in [0.25, 0.3) is 0 Å². The number of nitrogens with zero attached hydrogens (tertiary/aromatic N) is 2. The second kappa shape index (κ2) is 8.79. The minimum Gasteiger partial charge on any atom is -0.339 e. The Morgan fingerprint density at radius 3 is 2.50 bits per heavy atom. The van der Waals surface area contributed by atoms with Gasteiger partial charge in [-0.15, -0.1) is 0 Å². The van der Waals surface area contributed by atoms with Gasteiger partial charge in [-0.2, -0.15) is 0 Å². The molecular weight excluding hydrogens is 362 g/mol. The minimum atomic E-state index is 0.626. The van der Waals surface area contributed by atoms with Crippen LogP contribution in [0.2, 0.25) is 5.02 Å². The van der Waals surface area contributed by atoms with E-state index >= 15 is 0 Å². The van der Waals surface area contributed by atoms with E-state index < -0.39 is 0 Å². The van der Waals surface area contributed by atoms with Crippen molar-refractivity contribution in [3.63, 3.8) is 0 Å². The summed E-state index contributed by atoms with van der Waals surface area (Å²) in [6, 6.07) is 22.0. The van der Waals surface area contributed by atoms with E-state index in [4.69, 9.17) is 23.8 Å². The summed E-state index contributed by atoms with van der Waals surface area (Å²) in [5.41, 5.74) is 4.08. The number of halogens is 1. The molecule has 0 radical (unpaired) electrons. The van der Waals surface area contributed by atoms with Crippen LogP contribution in [-0.4, -0.2) is 15.0 Å². The summed E-state index contributed by atoms with van der Waals surface area (Å²) in [7, 11) is 0. The van der Waals surface area contributed by atoms with E-state index in [0.29, 0.717) is 18.2 Å². The van der Waals surface area contributed by atoms with Crippen molar-refractivity contribution in [3.8, 4) is 0 Å². The Bertz CT molecular complexity index is 827. The van der Waals surface area contributed by atoms with E-state index in [-0.39, 0.29) is 0 Å². The summed E-state index contributed by atoms with van der Waals surface area (Å²) in [5, 5.41) is 4.65. The van der Waals surface area contributed by atoms with Gasteiger partial charge in [0.2, 0.25) is 0 Å². The van der Waals surface area contributed by atoms with Gasteiger partial charge in [-0.3, -0.25) is 4.98 Å². The molecule has 1 aromatic heterocycles. The molecule has 0 saturated carbocycles. The maximum Gasteiger partial charge on any atom is 0.174 e. The van der Waals surface area contributed by atoms with Gasteiger partial charge in [0.1, 0.15) is 0 Å². The van der Waals surface area contributed by atoms with Gasteiger partial charge >= 0.3 is 0 Å². The normalized spacial score (nSPS) is 10.4. The van der Waals surface area contributed by atoms with Crippen molar-refractivity contribution in [1.29, 1.82) is 0 Å². The average molecular weight is 382 g/mol. The number of nitrogens with one attached hydrogen (secondary N) is 1. The highest BCUT2D eigenvalue weighted by Gasteiger charge is 2.12. The van der Waals surface area contributed by atoms with Crippen LogP contribution in [-0.2, 0) is 13.1 Å². The Hall–Kier alpha value is -2.43. The summed E-state index contributed by atoms with van der Waals surface area (Å²) >= 11 is 11.9. The summed E-state index contributed by atoms with van der Waals surface area (Å²) in [6.07, 6.45) is 1.80. The number of aryl methyl sites for hydroxylation is 1. The van der Waals surface area contributed by atoms with Crippen molar-refractivity contribution in [2.45, 2.75) is 20.0 Å². The molecule has 2 aromatic carbocycles. The standard InChI is InChI=1S/C21H20ClN3S/c1-16-10-11-18(13-20(16)22)24-21(26)25(14-17-7-3-2-4-8-17)15-19-9-5-6-12-23-19/h2-13H,14-15H2,1H3,(H,24,26). The highest BCUT2D eigenvalue weighted by atomic mass is 35.5. The van der Waals surface area contributed by atoms with E-state index in [1.165, 1.54) is 5.56 Å². The third kappa shape index (κ3) is 5.04. The van der Waals surface area contributed by atoms with Crippen molar-refractivity contribution in [2.75, 3.05) is 5.32 Å². The lowest BCUT2D eigenvalue weighted by Crippen LogP contribution is -2.34. The van der Waals surface area contributed by atoms with Gasteiger partial charge in [0.05, 0.1) is 12.2 Å². The molecule has 1 N–H and O–H groups in total. The molecule has 0 saturated heterocycles. The molecule has 5 heteroatoms. The molecule has 3 rings (SSSR count). The molecule has 3 nitrogen and oxygen atoms in total. The number of pyridine rings is 1. The Balaban J connectivity index is 1.78. The van der Waals surface area contributed by atoms with Gasteiger partial charge in [-0.1, -0.05) is 54.1 Å². The number of hydrogen-bond donors (Lipinski definition) is 1. The molecule has 0 atom stereocenters. The zero-order valence-electron chi connectivity index (χ0n) is 14.5. The molecule has 0 fully saturated rings. The van der Waals surface area contributed by atoms with Gasteiger partial charge in [-0.05, 0) is 54.5 Å². The smallest absolute Gasteiger partial charge is 0.174 e. The van der Waals surface area contributed by atoms with Crippen molar-refractivity contribution >= 4 is 34.6 Å². The maximum atomic E-state index is 6.23. The van der Waals surface area contributed by atoms with Crippen LogP contribution in [0.1, 0.15) is 16.8 Å². The third-order valence-corrected chi connectivity index (χ3v) is 4.77. The summed E-state index contributed by atoms with van der Waals surface area (Å²) in [4.78, 5) is 6.52. The van der Waals surface area contributed by atoms with E-state index in [0.717, 1.165) is 22.0 Å². The van der Waals surface area contributed by atoms with Gasteiger partial charge in [-0.25, -0.2) is 0 Å². The van der Waals surface area contributed by atoms with Gasteiger partial charge < -0.3 is 10.2 Å². The molecule has 3 aromatic rings. The van der Waals surface area contributed by atoms with E-state index in [1.54, 1.807) is 6.20 Å². The Labute approximate surface area is 164 Å². The van der Waals surface area contributed by atoms with Crippen molar-refractivity contribution < 1.29 is 0 Å². The van der Waals surface area contributed by atoms with Crippen molar-refractivity contribution in [3.05, 3.63) is 94.8 Å². The molecule has 0 aliphatic rings. The minimum absolute atomic E-state index is 0.626. The first-order valence-corrected chi connectivity index (χ1v) is 9.16. The molecule has 0 unspecified atom stereocenters. The fourth-order valence-electron chi connectivity index (χ4n) is 2.56. The molecule has 0 spiro atoms. The SMILES string of the molecule is Cc1ccc(NC(=S)N(Cc2ccccc2)Cc2ccccn2)cc1Cl. The first-order chi connectivity index (χ1) is 12.6. The summed E-state index contributed by atoms with van der Waals surface area (Å²) < 4.78 is 0. The molecule has 1 heterocycles. The number of rotatable bonds is 5. The van der Waals surface area contributed by atoms with Crippen LogP contribution in [0.15, 0.2) is 72.9 Å². The number of aromatic nitrogens is 1. The second-order valence-corrected chi connectivity index (χ2v) is 6.85. The molecule has 0 aliphatic carbocycles. The second-order valence-electron chi connectivity index (χ2n) is 6.06. The van der Waals surface area contributed by atoms with Crippen LogP contribution in [0.3, 0.4) is 0 Å². The van der Waals surface area contributed by atoms with E-state index in [2.05, 4.69) is 27.3 Å². The summed E-state index contributed by atoms with van der Waals surface area (Å²) in [5.74, 6) is 0. The maximum absolute atomic E-state index is 6.23. The molecular formula is C21H20ClN3S. The first-order valence-electron chi connectivity index (χ1n) is 8.38. The number of benzene rings is 2. The van der Waals surface area contributed by atoms with Crippen molar-refractivity contribution in [1.82, 2.24) is 9.88 Å². The van der Waals surface area contributed by atoms with Crippen LogP contribution >= 0.6 is 23.8 Å². The van der Waals surface area contributed by atoms with E-state index in [9.17, 15) is 0 Å². The fraction of sp³-hybridized carbons (Fsp3) is 0.143. The Morgan fingerprint density at radius 2 is 1.81 bits per heavy atom. The quantitative estimate of drug-likeness (QED) is 0.595. The molecule has 132 valence electrons. The average Bonchev–Trinajstić information content (AvgIpc) is 2.66. The van der Waals surface area contributed by atoms with E-state index in [1.807, 2.05) is 61.5 Å². The monoisotopic (exact) mass is 381 g/mol. The summed E-state index contributed by atoms with van der Waals surface area (Å²) in [6.45, 7) is 3.30. The molecule has 0 amide bonds. The molecule has 0 aliphatic heterocycles. The lowest BCUT2D eigenvalue weighted by atomic mass is 10.2. The zero-order valence-corrected chi connectivity index (χ0v) is 16.1. The topological polar surface area (TPSA) is 28.2 Å². The Kier molecular flexibility index (Phi) is 6.21. The fourth-order valence-corrected chi connectivity index (χ4v) is 2.99. The lowest BCUT2D eigenvalue weighted by molar-refractivity contribution is 0.407. The Morgan fingerprint density at radius 1 is 1.04 bits per heavy atom. The third-order valence-electron chi connectivity index (χ3n) is 4.01. The van der Waals surface area contributed by atoms with Gasteiger partial charge in [0.15, 0.2) is 5.11 Å². The highest BCUT2D eigenvalue weighted by molar-refractivity contribution is 7.80. The zero-order chi connectivity index (χ0) is 18.4. The van der Waals surface area contributed by atoms with Crippen molar-refractivity contribution in [2.24, 2.45) is 0 Å². The molecule has 0 bridgehead atoms. The molecule has 26 heavy (non-hydrogen) atoms. The lowest BCUT2D eigenvalue weighted by Gasteiger charge is -2.26. The van der Waals surface area contributed by atoms with Crippen LogP contribution in [0, 0.1) is 6.92 Å². The van der Waals surface area contributed by atoms with Crippen LogP contribution in [0.25, 0.3) is 0 Å². The number of anilines is 1. The largest absolute Gasteiger partial charge is 0.339 e.